The van der Waals surface area contributed by atoms with Crippen LogP contribution in [0.25, 0.3) is 0 Å². The Labute approximate surface area is 210 Å². The number of hydrogen-bond donors (Lipinski definition) is 4. The molecule has 7 unspecified atom stereocenters. The maximum absolute atomic E-state index is 12.3. The number of ether oxygens (including phenoxy) is 4. The van der Waals surface area contributed by atoms with Crippen molar-refractivity contribution in [2.75, 3.05) is 20.3 Å². The lowest BCUT2D eigenvalue weighted by molar-refractivity contribution is -0.277. The molecule has 0 spiro atoms. The molecule has 2 aliphatic heterocycles. The van der Waals surface area contributed by atoms with Crippen molar-refractivity contribution in [2.45, 2.75) is 88.5 Å². The molecule has 2 heterocycles. The maximum Gasteiger partial charge on any atom is 0.334 e. The fourth-order valence-electron chi connectivity index (χ4n) is 6.68. The van der Waals surface area contributed by atoms with Crippen molar-refractivity contribution >= 4 is 5.97 Å². The molecule has 9 heteroatoms. The number of aliphatic hydroxyl groups excluding tert-OH is 4. The summed E-state index contributed by atoms with van der Waals surface area (Å²) in [6, 6.07) is 1.91. The molecule has 9 nitrogen and oxygen atoms in total. The third-order valence-corrected chi connectivity index (χ3v) is 8.62. The van der Waals surface area contributed by atoms with E-state index in [1.54, 1.807) is 7.11 Å². The van der Waals surface area contributed by atoms with E-state index in [0.717, 1.165) is 46.4 Å². The molecule has 1 saturated heterocycles. The van der Waals surface area contributed by atoms with Gasteiger partial charge >= 0.3 is 5.97 Å². The smallest absolute Gasteiger partial charge is 0.334 e. The second-order valence-electron chi connectivity index (χ2n) is 10.9. The molecule has 4 N–H and O–H groups in total. The summed E-state index contributed by atoms with van der Waals surface area (Å²) >= 11 is 0. The molecule has 36 heavy (non-hydrogen) atoms. The zero-order valence-corrected chi connectivity index (χ0v) is 21.2. The lowest BCUT2D eigenvalue weighted by atomic mass is 9.56. The van der Waals surface area contributed by atoms with Crippen molar-refractivity contribution in [3.05, 3.63) is 33.9 Å². The van der Waals surface area contributed by atoms with E-state index >= 15 is 0 Å². The monoisotopic (exact) mass is 504 g/mol. The van der Waals surface area contributed by atoms with E-state index in [0.29, 0.717) is 25.2 Å². The summed E-state index contributed by atoms with van der Waals surface area (Å²) in [5.41, 5.74) is 4.41. The summed E-state index contributed by atoms with van der Waals surface area (Å²) in [6.45, 7) is 6.08. The van der Waals surface area contributed by atoms with Crippen LogP contribution >= 0.6 is 0 Å². The van der Waals surface area contributed by atoms with Crippen molar-refractivity contribution in [1.29, 1.82) is 0 Å². The van der Waals surface area contributed by atoms with E-state index in [-0.39, 0.29) is 23.2 Å². The number of esters is 1. The summed E-state index contributed by atoms with van der Waals surface area (Å²) in [4.78, 5) is 12.3. The van der Waals surface area contributed by atoms with Gasteiger partial charge in [-0.1, -0.05) is 20.8 Å². The Balaban J connectivity index is 1.63. The van der Waals surface area contributed by atoms with Crippen molar-refractivity contribution in [3.63, 3.8) is 0 Å². The average Bonchev–Trinajstić information content (AvgIpc) is 3.23. The molecule has 2 aliphatic carbocycles. The molecular weight excluding hydrogens is 468 g/mol. The zero-order chi connectivity index (χ0) is 25.9. The SMILES string of the molecule is COc1c(C(C)C)cc(OC2OC(CO)C(O)C(O)C2O)c2c1CCC1C3=C(CCC21C)C(=O)OC3. The normalized spacial score (nSPS) is 35.8. The minimum Gasteiger partial charge on any atom is -0.496 e. The van der Waals surface area contributed by atoms with E-state index in [4.69, 9.17) is 18.9 Å². The topological polar surface area (TPSA) is 135 Å². The molecule has 0 aromatic heterocycles. The van der Waals surface area contributed by atoms with Gasteiger partial charge in [0.05, 0.1) is 13.7 Å². The Morgan fingerprint density at radius 2 is 1.92 bits per heavy atom. The van der Waals surface area contributed by atoms with Gasteiger partial charge in [-0.05, 0) is 49.2 Å². The third-order valence-electron chi connectivity index (χ3n) is 8.62. The summed E-state index contributed by atoms with van der Waals surface area (Å²) < 4.78 is 23.4. The number of carbonyl (C=O) groups excluding carboxylic acids is 1. The Morgan fingerprint density at radius 3 is 2.58 bits per heavy atom. The first-order chi connectivity index (χ1) is 17.1. The van der Waals surface area contributed by atoms with Crippen LogP contribution in [0.1, 0.15) is 62.6 Å². The zero-order valence-electron chi connectivity index (χ0n) is 21.2. The summed E-state index contributed by atoms with van der Waals surface area (Å²) in [5, 5.41) is 40.9. The Bertz CT molecular complexity index is 1080. The summed E-state index contributed by atoms with van der Waals surface area (Å²) in [5.74, 6) is 1.32. The molecule has 4 aliphatic rings. The molecule has 0 radical (unpaired) electrons. The van der Waals surface area contributed by atoms with Crippen LogP contribution in [0.3, 0.4) is 0 Å². The van der Waals surface area contributed by atoms with E-state index in [1.165, 1.54) is 0 Å². The van der Waals surface area contributed by atoms with E-state index in [1.807, 2.05) is 6.07 Å². The fraction of sp³-hybridized carbons (Fsp3) is 0.667. The number of benzene rings is 1. The number of fused-ring (bicyclic) bond motifs is 4. The predicted molar refractivity (Wildman–Crippen MR) is 128 cm³/mol. The molecule has 0 saturated carbocycles. The quantitative estimate of drug-likeness (QED) is 0.440. The van der Waals surface area contributed by atoms with Gasteiger partial charge in [0.1, 0.15) is 42.5 Å². The highest BCUT2D eigenvalue weighted by Gasteiger charge is 2.52. The standard InChI is InChI=1S/C27H36O9/c1-12(2)15-9-18(35-26-23(31)22(30)21(29)19(10-28)36-26)20-14(24(15)33-4)5-6-17-16-11-34-25(32)13(16)7-8-27(17,20)3/h9,12,17,19,21-23,26,28-31H,5-8,10-11H2,1-4H3. The van der Waals surface area contributed by atoms with Gasteiger partial charge in [0.15, 0.2) is 0 Å². The molecule has 7 atom stereocenters. The first-order valence-electron chi connectivity index (χ1n) is 12.7. The second-order valence-corrected chi connectivity index (χ2v) is 10.9. The van der Waals surface area contributed by atoms with Crippen molar-refractivity contribution in [1.82, 2.24) is 0 Å². The van der Waals surface area contributed by atoms with Crippen LogP contribution in [-0.4, -0.2) is 77.4 Å². The van der Waals surface area contributed by atoms with Crippen molar-refractivity contribution in [3.8, 4) is 11.5 Å². The van der Waals surface area contributed by atoms with Crippen LogP contribution in [0, 0.1) is 5.92 Å². The van der Waals surface area contributed by atoms with E-state index in [9.17, 15) is 25.2 Å². The van der Waals surface area contributed by atoms with Gasteiger partial charge in [-0.2, -0.15) is 0 Å². The van der Waals surface area contributed by atoms with Crippen LogP contribution < -0.4 is 9.47 Å². The van der Waals surface area contributed by atoms with Gasteiger partial charge in [-0.25, -0.2) is 4.79 Å². The van der Waals surface area contributed by atoms with Gasteiger partial charge in [-0.3, -0.25) is 0 Å². The number of hydrogen-bond acceptors (Lipinski definition) is 9. The molecule has 1 fully saturated rings. The first-order valence-corrected chi connectivity index (χ1v) is 12.7. The van der Waals surface area contributed by atoms with E-state index in [2.05, 4.69) is 20.8 Å². The number of methoxy groups -OCH3 is 1. The molecule has 0 amide bonds. The summed E-state index contributed by atoms with van der Waals surface area (Å²) in [7, 11) is 1.67. The highest BCUT2D eigenvalue weighted by atomic mass is 16.7. The largest absolute Gasteiger partial charge is 0.496 e. The minimum atomic E-state index is -1.54. The predicted octanol–water partition coefficient (Wildman–Crippen LogP) is 1.46. The Hall–Kier alpha value is -2.17. The molecule has 1 aromatic rings. The molecule has 198 valence electrons. The Morgan fingerprint density at radius 1 is 1.17 bits per heavy atom. The van der Waals surface area contributed by atoms with Crippen LogP contribution in [0.2, 0.25) is 0 Å². The van der Waals surface area contributed by atoms with Gasteiger partial charge in [-0.15, -0.1) is 0 Å². The molecule has 1 aromatic carbocycles. The van der Waals surface area contributed by atoms with Crippen LogP contribution in [0.5, 0.6) is 11.5 Å². The summed E-state index contributed by atoms with van der Waals surface area (Å²) in [6.07, 6.45) is -4.00. The lowest BCUT2D eigenvalue weighted by Crippen LogP contribution is -2.60. The molecular formula is C27H36O9. The number of aliphatic hydroxyl groups is 4. The highest BCUT2D eigenvalue weighted by molar-refractivity contribution is 5.92. The molecule has 5 rings (SSSR count). The third kappa shape index (κ3) is 3.75. The number of cyclic esters (lactones) is 1. The minimum absolute atomic E-state index is 0.0898. The van der Waals surface area contributed by atoms with E-state index < -0.39 is 37.3 Å². The lowest BCUT2D eigenvalue weighted by Gasteiger charge is -2.48. The van der Waals surface area contributed by atoms with Crippen LogP contribution in [0.15, 0.2) is 17.2 Å². The number of carbonyl (C=O) groups is 1. The highest BCUT2D eigenvalue weighted by Crippen LogP contribution is 2.58. The van der Waals surface area contributed by atoms with Gasteiger partial charge in [0.2, 0.25) is 6.29 Å². The Kier molecular flexibility index (Phi) is 6.58. The van der Waals surface area contributed by atoms with Crippen LogP contribution in [-0.2, 0) is 26.1 Å². The maximum atomic E-state index is 12.3. The van der Waals surface area contributed by atoms with Crippen molar-refractivity contribution in [2.24, 2.45) is 5.92 Å². The first kappa shape index (κ1) is 25.5. The average molecular weight is 505 g/mol. The van der Waals surface area contributed by atoms with Gasteiger partial charge in [0, 0.05) is 27.7 Å². The van der Waals surface area contributed by atoms with Gasteiger partial charge in [0.25, 0.3) is 0 Å². The fourth-order valence-corrected chi connectivity index (χ4v) is 6.68. The van der Waals surface area contributed by atoms with Crippen molar-refractivity contribution < 1.29 is 44.2 Å². The molecule has 0 bridgehead atoms. The number of rotatable bonds is 5. The van der Waals surface area contributed by atoms with Gasteiger partial charge < -0.3 is 39.4 Å². The van der Waals surface area contributed by atoms with Crippen LogP contribution in [0.4, 0.5) is 0 Å². The second kappa shape index (κ2) is 9.29.